The predicted molar refractivity (Wildman–Crippen MR) is 280 cm³/mol. The Balaban J connectivity index is 0.672. The number of ether oxygens (including phenoxy) is 1. The molecule has 11 rings (SSSR count). The summed E-state index contributed by atoms with van der Waals surface area (Å²) in [7, 11) is 1.87. The van der Waals surface area contributed by atoms with Gasteiger partial charge in [0.1, 0.15) is 11.6 Å². The van der Waals surface area contributed by atoms with Crippen LogP contribution in [0.5, 0.6) is 5.75 Å². The standard InChI is InChI=1S/C56H57N9O7S/c1-33-38(39-20-22-48(58-52(39)55(70)71)65-26-25-35-7-5-9-40(43(35)32-65)53(68)60-56-57-44-10-3-4-12-47(44)73-56)8-6-11-46(33)72-37-17-13-34(14-18-37)15-24-50(67)64-29-27-63(28-30-64)36-16-19-41-45(31-36)62(2)61-51(41)42-21-23-49(66)59-54(42)69/h3-12,16,19-20,22,31,34,37,42H,13-15,17-18,21,23-30,32H2,1-2H3,(H,70,71)(H,57,60,68)(H,59,66,69). The SMILES string of the molecule is Cc1c(OC2CCC(CCC(=O)N3CCN(c4ccc5c(C6CCC(=O)NC6=O)nn(C)c5c4)CC3)CC2)cccc1-c1ccc(N2CCc3cccc(C(=O)Nc4nc5ccccc5s4)c3C2)nc1C(=O)O. The number of imide groups is 1. The molecule has 2 saturated heterocycles. The molecule has 4 aromatic carbocycles. The molecular formula is C56H57N9O7S. The third kappa shape index (κ3) is 9.73. The number of thiazole rings is 1. The minimum absolute atomic E-state index is 0.0122. The molecule has 7 aromatic rings. The second kappa shape index (κ2) is 20.1. The Bertz CT molecular complexity index is 3280. The van der Waals surface area contributed by atoms with E-state index in [-0.39, 0.29) is 35.4 Å². The molecule has 3 fully saturated rings. The molecule has 3 N–H and O–H groups in total. The zero-order valence-electron chi connectivity index (χ0n) is 40.9. The lowest BCUT2D eigenvalue weighted by Crippen LogP contribution is -2.48. The van der Waals surface area contributed by atoms with E-state index in [9.17, 15) is 29.1 Å². The van der Waals surface area contributed by atoms with Crippen molar-refractivity contribution in [2.45, 2.75) is 83.3 Å². The summed E-state index contributed by atoms with van der Waals surface area (Å²) in [5.74, 6) is -0.465. The molecule has 1 saturated carbocycles. The van der Waals surface area contributed by atoms with Gasteiger partial charge in [0.15, 0.2) is 10.8 Å². The van der Waals surface area contributed by atoms with Crippen molar-refractivity contribution in [1.82, 2.24) is 30.0 Å². The van der Waals surface area contributed by atoms with Crippen LogP contribution in [0.25, 0.3) is 32.2 Å². The summed E-state index contributed by atoms with van der Waals surface area (Å²) >= 11 is 1.43. The number of hydrogen-bond acceptors (Lipinski definition) is 12. The first-order valence-electron chi connectivity index (χ1n) is 25.3. The maximum atomic E-state index is 13.7. The highest BCUT2D eigenvalue weighted by atomic mass is 32.1. The molecule has 4 amide bonds. The van der Waals surface area contributed by atoms with Gasteiger partial charge >= 0.3 is 5.97 Å². The molecule has 0 spiro atoms. The van der Waals surface area contributed by atoms with Crippen LogP contribution < -0.4 is 25.2 Å². The van der Waals surface area contributed by atoms with Gasteiger partial charge in [0.25, 0.3) is 5.91 Å². The number of carbonyl (C=O) groups is 5. The van der Waals surface area contributed by atoms with Gasteiger partial charge in [-0.3, -0.25) is 34.5 Å². The van der Waals surface area contributed by atoms with E-state index >= 15 is 0 Å². The summed E-state index contributed by atoms with van der Waals surface area (Å²) < 4.78 is 9.44. The van der Waals surface area contributed by atoms with Crippen molar-refractivity contribution in [2.24, 2.45) is 13.0 Å². The van der Waals surface area contributed by atoms with Crippen LogP contribution in [0.15, 0.2) is 91.0 Å². The molecular weight excluding hydrogens is 943 g/mol. The first-order chi connectivity index (χ1) is 35.4. The number of piperidine rings is 1. The van der Waals surface area contributed by atoms with Gasteiger partial charge in [-0.1, -0.05) is 47.7 Å². The van der Waals surface area contributed by atoms with E-state index in [1.54, 1.807) is 4.68 Å². The number of piperazine rings is 1. The van der Waals surface area contributed by atoms with Gasteiger partial charge in [-0.15, -0.1) is 0 Å². The Morgan fingerprint density at radius 2 is 1.64 bits per heavy atom. The highest BCUT2D eigenvalue weighted by Gasteiger charge is 2.33. The lowest BCUT2D eigenvalue weighted by Gasteiger charge is -2.36. The van der Waals surface area contributed by atoms with Gasteiger partial charge in [-0.2, -0.15) is 5.10 Å². The number of nitrogens with zero attached hydrogens (tertiary/aromatic N) is 7. The average Bonchev–Trinajstić information content (AvgIpc) is 3.97. The molecule has 17 heteroatoms. The van der Waals surface area contributed by atoms with Crippen molar-refractivity contribution in [3.05, 3.63) is 125 Å². The molecule has 16 nitrogen and oxygen atoms in total. The first-order valence-corrected chi connectivity index (χ1v) is 26.1. The van der Waals surface area contributed by atoms with E-state index in [4.69, 9.17) is 9.72 Å². The summed E-state index contributed by atoms with van der Waals surface area (Å²) in [6.45, 7) is 5.73. The van der Waals surface area contributed by atoms with Gasteiger partial charge in [0.2, 0.25) is 17.7 Å². The summed E-state index contributed by atoms with van der Waals surface area (Å²) in [5, 5.41) is 22.1. The van der Waals surface area contributed by atoms with Crippen LogP contribution in [-0.2, 0) is 34.4 Å². The van der Waals surface area contributed by atoms with Crippen molar-refractivity contribution in [3.8, 4) is 16.9 Å². The van der Waals surface area contributed by atoms with Gasteiger partial charge < -0.3 is 24.5 Å². The normalized spacial score (nSPS) is 19.2. The minimum Gasteiger partial charge on any atom is -0.490 e. The number of aryl methyl sites for hydroxylation is 1. The van der Waals surface area contributed by atoms with Gasteiger partial charge in [0, 0.05) is 81.4 Å². The number of benzene rings is 4. The molecule has 1 atom stereocenters. The molecule has 3 aromatic heterocycles. The number of pyridine rings is 1. The monoisotopic (exact) mass is 999 g/mol. The number of para-hydroxylation sites is 1. The molecule has 0 bridgehead atoms. The van der Waals surface area contributed by atoms with E-state index < -0.39 is 11.9 Å². The van der Waals surface area contributed by atoms with Crippen LogP contribution in [0, 0.1) is 12.8 Å². The third-order valence-electron chi connectivity index (χ3n) is 15.3. The fourth-order valence-corrected chi connectivity index (χ4v) is 12.1. The van der Waals surface area contributed by atoms with E-state index in [1.165, 1.54) is 11.3 Å². The van der Waals surface area contributed by atoms with Crippen molar-refractivity contribution in [1.29, 1.82) is 0 Å². The number of carboxylic acid groups (broad SMARTS) is 1. The van der Waals surface area contributed by atoms with Crippen molar-refractivity contribution in [3.63, 3.8) is 0 Å². The quantitative estimate of drug-likeness (QED) is 0.0989. The number of aromatic nitrogens is 4. The van der Waals surface area contributed by atoms with Crippen LogP contribution >= 0.6 is 11.3 Å². The van der Waals surface area contributed by atoms with E-state index in [0.717, 1.165) is 100 Å². The topological polar surface area (TPSA) is 192 Å². The Hall–Kier alpha value is -7.66. The lowest BCUT2D eigenvalue weighted by atomic mass is 9.84. The molecule has 6 heterocycles. The summed E-state index contributed by atoms with van der Waals surface area (Å²) in [4.78, 5) is 80.0. The van der Waals surface area contributed by atoms with Crippen LogP contribution in [0.2, 0.25) is 0 Å². The van der Waals surface area contributed by atoms with Crippen LogP contribution in [0.1, 0.15) is 101 Å². The maximum absolute atomic E-state index is 13.7. The van der Waals surface area contributed by atoms with Crippen molar-refractivity contribution < 1.29 is 33.8 Å². The number of amides is 4. The molecule has 1 aliphatic carbocycles. The number of fused-ring (bicyclic) bond motifs is 3. The molecule has 1 unspecified atom stereocenters. The average molecular weight is 1000 g/mol. The Morgan fingerprint density at radius 1 is 0.836 bits per heavy atom. The smallest absolute Gasteiger partial charge is 0.355 e. The van der Waals surface area contributed by atoms with E-state index in [0.29, 0.717) is 85.6 Å². The maximum Gasteiger partial charge on any atom is 0.355 e. The fraction of sp³-hybridized carbons (Fsp3) is 0.357. The van der Waals surface area contributed by atoms with Crippen LogP contribution in [0.4, 0.5) is 16.6 Å². The zero-order valence-corrected chi connectivity index (χ0v) is 41.8. The highest BCUT2D eigenvalue weighted by molar-refractivity contribution is 7.22. The predicted octanol–water partition coefficient (Wildman–Crippen LogP) is 8.65. The highest BCUT2D eigenvalue weighted by Crippen LogP contribution is 2.38. The van der Waals surface area contributed by atoms with Gasteiger partial charge in [-0.25, -0.2) is 14.8 Å². The molecule has 374 valence electrons. The molecule has 4 aliphatic rings. The van der Waals surface area contributed by atoms with Crippen LogP contribution in [-0.4, -0.2) is 98.2 Å². The number of carbonyl (C=O) groups excluding carboxylic acids is 4. The molecule has 73 heavy (non-hydrogen) atoms. The Labute approximate surface area is 426 Å². The molecule has 0 radical (unpaired) electrons. The lowest BCUT2D eigenvalue weighted by molar-refractivity contribution is -0.134. The summed E-state index contributed by atoms with van der Waals surface area (Å²) in [6.07, 6.45) is 6.50. The fourth-order valence-electron chi connectivity index (χ4n) is 11.2. The summed E-state index contributed by atoms with van der Waals surface area (Å²) in [6, 6.07) is 29.1. The Kier molecular flexibility index (Phi) is 13.1. The molecule has 3 aliphatic heterocycles. The number of rotatable bonds is 12. The second-order valence-corrected chi connectivity index (χ2v) is 20.8. The summed E-state index contributed by atoms with van der Waals surface area (Å²) in [5.41, 5.74) is 8.07. The number of aromatic carboxylic acids is 1. The minimum atomic E-state index is -1.13. The third-order valence-corrected chi connectivity index (χ3v) is 16.2. The van der Waals surface area contributed by atoms with Crippen molar-refractivity contribution in [2.75, 3.05) is 47.8 Å². The second-order valence-electron chi connectivity index (χ2n) is 19.7. The first kappa shape index (κ1) is 47.7. The number of carboxylic acids is 1. The van der Waals surface area contributed by atoms with E-state index in [2.05, 4.69) is 37.7 Å². The number of hydrogen-bond donors (Lipinski definition) is 3. The van der Waals surface area contributed by atoms with Gasteiger partial charge in [-0.05, 0) is 135 Å². The van der Waals surface area contributed by atoms with E-state index in [1.807, 2.05) is 103 Å². The van der Waals surface area contributed by atoms with Gasteiger partial charge in [0.05, 0.1) is 33.4 Å². The largest absolute Gasteiger partial charge is 0.490 e. The number of anilines is 3. The Morgan fingerprint density at radius 3 is 2.44 bits per heavy atom. The van der Waals surface area contributed by atoms with Crippen molar-refractivity contribution >= 4 is 78.7 Å². The zero-order chi connectivity index (χ0) is 50.3. The number of nitrogens with one attached hydrogen (secondary N) is 2. The van der Waals surface area contributed by atoms with Crippen LogP contribution in [0.3, 0.4) is 0 Å².